The molecule has 0 aliphatic rings. The third-order valence-electron chi connectivity index (χ3n) is 2.34. The van der Waals surface area contributed by atoms with Crippen molar-refractivity contribution in [2.75, 3.05) is 12.4 Å². The van der Waals surface area contributed by atoms with Gasteiger partial charge in [-0.15, -0.1) is 0 Å². The Morgan fingerprint density at radius 2 is 2.22 bits per heavy atom. The van der Waals surface area contributed by atoms with Crippen LogP contribution in [0.2, 0.25) is 0 Å². The van der Waals surface area contributed by atoms with Gasteiger partial charge in [0.05, 0.1) is 18.4 Å². The Balaban J connectivity index is 2.03. The molecule has 2 N–H and O–H groups in total. The Bertz CT molecular complexity index is 629. The lowest BCUT2D eigenvalue weighted by molar-refractivity contribution is 0.417. The first-order valence-corrected chi connectivity index (χ1v) is 6.74. The van der Waals surface area contributed by atoms with E-state index in [1.54, 1.807) is 16.9 Å². The van der Waals surface area contributed by atoms with E-state index in [0.717, 1.165) is 5.69 Å². The third-order valence-corrected chi connectivity index (χ3v) is 3.63. The van der Waals surface area contributed by atoms with Crippen LogP contribution in [-0.4, -0.2) is 25.2 Å². The Kier molecular flexibility index (Phi) is 3.39. The molecule has 0 saturated heterocycles. The van der Waals surface area contributed by atoms with Crippen molar-refractivity contribution in [3.05, 3.63) is 30.3 Å². The van der Waals surface area contributed by atoms with Crippen molar-refractivity contribution >= 4 is 15.7 Å². The molecule has 0 amide bonds. The van der Waals surface area contributed by atoms with Gasteiger partial charge in [-0.05, 0) is 19.2 Å². The van der Waals surface area contributed by atoms with E-state index in [1.807, 2.05) is 13.2 Å². The fourth-order valence-corrected chi connectivity index (χ4v) is 2.07. The minimum atomic E-state index is -3.52. The van der Waals surface area contributed by atoms with E-state index in [4.69, 9.17) is 4.42 Å². The van der Waals surface area contributed by atoms with E-state index in [0.29, 0.717) is 12.3 Å². The van der Waals surface area contributed by atoms with E-state index in [1.165, 1.54) is 13.1 Å². The van der Waals surface area contributed by atoms with Crippen molar-refractivity contribution < 1.29 is 12.8 Å². The zero-order chi connectivity index (χ0) is 13.2. The van der Waals surface area contributed by atoms with Crippen LogP contribution in [0.4, 0.5) is 5.69 Å². The van der Waals surface area contributed by atoms with Crippen molar-refractivity contribution in [3.8, 4) is 0 Å². The second-order valence-electron chi connectivity index (χ2n) is 3.68. The summed E-state index contributed by atoms with van der Waals surface area (Å²) in [7, 11) is -0.363. The molecule has 0 fully saturated rings. The van der Waals surface area contributed by atoms with Crippen LogP contribution in [0.1, 0.15) is 5.76 Å². The van der Waals surface area contributed by atoms with E-state index >= 15 is 0 Å². The summed E-state index contributed by atoms with van der Waals surface area (Å²) in [5.41, 5.74) is 0.840. The van der Waals surface area contributed by atoms with E-state index in [2.05, 4.69) is 15.1 Å². The number of nitrogens with one attached hydrogen (secondary N) is 2. The normalized spacial score (nSPS) is 11.7. The van der Waals surface area contributed by atoms with Gasteiger partial charge >= 0.3 is 0 Å². The van der Waals surface area contributed by atoms with Crippen LogP contribution < -0.4 is 10.0 Å². The highest BCUT2D eigenvalue weighted by Gasteiger charge is 2.16. The number of nitrogens with zero attached hydrogens (tertiary/aromatic N) is 2. The molecule has 0 bridgehead atoms. The van der Waals surface area contributed by atoms with Crippen molar-refractivity contribution in [3.63, 3.8) is 0 Å². The van der Waals surface area contributed by atoms with Gasteiger partial charge in [0, 0.05) is 13.2 Å². The van der Waals surface area contributed by atoms with Gasteiger partial charge in [0.2, 0.25) is 5.09 Å². The highest BCUT2D eigenvalue weighted by molar-refractivity contribution is 7.89. The fraction of sp³-hybridized carbons (Fsp3) is 0.300. The Hall–Kier alpha value is -1.80. The standard InChI is InChI=1S/C10H14N4O3S/c1-11-18(15,16)10-4-3-9(17-10)6-12-8-5-13-14(2)7-8/h3-5,7,11-12H,6H2,1-2H3. The van der Waals surface area contributed by atoms with E-state index < -0.39 is 10.0 Å². The summed E-state index contributed by atoms with van der Waals surface area (Å²) in [6.07, 6.45) is 3.49. The lowest BCUT2D eigenvalue weighted by Crippen LogP contribution is -2.17. The van der Waals surface area contributed by atoms with E-state index in [9.17, 15) is 8.42 Å². The van der Waals surface area contributed by atoms with Crippen LogP contribution in [0.15, 0.2) is 34.0 Å². The van der Waals surface area contributed by atoms with Gasteiger partial charge < -0.3 is 9.73 Å². The zero-order valence-electron chi connectivity index (χ0n) is 10.0. The van der Waals surface area contributed by atoms with Gasteiger partial charge in [0.1, 0.15) is 5.76 Å². The number of anilines is 1. The first-order chi connectivity index (χ1) is 8.51. The Morgan fingerprint density at radius 1 is 1.44 bits per heavy atom. The molecule has 0 radical (unpaired) electrons. The van der Waals surface area contributed by atoms with Crippen LogP contribution in [-0.2, 0) is 23.6 Å². The highest BCUT2D eigenvalue weighted by Crippen LogP contribution is 2.15. The smallest absolute Gasteiger partial charge is 0.273 e. The summed E-state index contributed by atoms with van der Waals surface area (Å²) in [6.45, 7) is 0.394. The van der Waals surface area contributed by atoms with Crippen LogP contribution in [0.3, 0.4) is 0 Å². The zero-order valence-corrected chi connectivity index (χ0v) is 10.9. The number of rotatable bonds is 5. The molecular weight excluding hydrogens is 256 g/mol. The first-order valence-electron chi connectivity index (χ1n) is 5.26. The molecule has 2 heterocycles. The monoisotopic (exact) mass is 270 g/mol. The predicted octanol–water partition coefficient (Wildman–Crippen LogP) is 0.533. The highest BCUT2D eigenvalue weighted by atomic mass is 32.2. The molecule has 0 atom stereocenters. The summed E-state index contributed by atoms with van der Waals surface area (Å²) in [4.78, 5) is 0. The number of aromatic nitrogens is 2. The summed E-state index contributed by atoms with van der Waals surface area (Å²) in [5.74, 6) is 0.535. The van der Waals surface area contributed by atoms with Gasteiger partial charge in [-0.2, -0.15) is 5.10 Å². The minimum absolute atomic E-state index is 0.0898. The van der Waals surface area contributed by atoms with Crippen molar-refractivity contribution in [1.82, 2.24) is 14.5 Å². The molecule has 2 aromatic rings. The fourth-order valence-electron chi connectivity index (χ4n) is 1.40. The number of furan rings is 1. The quantitative estimate of drug-likeness (QED) is 0.827. The van der Waals surface area contributed by atoms with Gasteiger partial charge in [-0.25, -0.2) is 13.1 Å². The number of aryl methyl sites for hydroxylation is 1. The number of sulfonamides is 1. The van der Waals surface area contributed by atoms with Gasteiger partial charge in [0.15, 0.2) is 0 Å². The molecule has 8 heteroatoms. The molecule has 0 unspecified atom stereocenters. The Morgan fingerprint density at radius 3 is 2.83 bits per heavy atom. The largest absolute Gasteiger partial charge is 0.446 e. The Labute approximate surface area is 105 Å². The summed E-state index contributed by atoms with van der Waals surface area (Å²) < 4.78 is 32.0. The molecule has 7 nitrogen and oxygen atoms in total. The molecule has 2 rings (SSSR count). The first kappa shape index (κ1) is 12.7. The van der Waals surface area contributed by atoms with Gasteiger partial charge in [-0.1, -0.05) is 0 Å². The summed E-state index contributed by atoms with van der Waals surface area (Å²) in [6, 6.07) is 3.04. The second kappa shape index (κ2) is 4.83. The SMILES string of the molecule is CNS(=O)(=O)c1ccc(CNc2cnn(C)c2)o1. The van der Waals surface area contributed by atoms with E-state index in [-0.39, 0.29) is 5.09 Å². The molecule has 18 heavy (non-hydrogen) atoms. The van der Waals surface area contributed by atoms with Crippen LogP contribution >= 0.6 is 0 Å². The van der Waals surface area contributed by atoms with Crippen molar-refractivity contribution in [2.24, 2.45) is 7.05 Å². The molecule has 0 aliphatic carbocycles. The minimum Gasteiger partial charge on any atom is -0.446 e. The predicted molar refractivity (Wildman–Crippen MR) is 65.5 cm³/mol. The molecule has 2 aromatic heterocycles. The third kappa shape index (κ3) is 2.71. The van der Waals surface area contributed by atoms with Crippen molar-refractivity contribution in [2.45, 2.75) is 11.6 Å². The molecule has 0 saturated carbocycles. The topological polar surface area (TPSA) is 89.2 Å². The lowest BCUT2D eigenvalue weighted by atomic mass is 10.4. The molecular formula is C10H14N4O3S. The molecule has 0 spiro atoms. The average Bonchev–Trinajstić information content (AvgIpc) is 2.95. The maximum Gasteiger partial charge on any atom is 0.273 e. The van der Waals surface area contributed by atoms with Gasteiger partial charge in [0.25, 0.3) is 10.0 Å². The number of hydrogen-bond donors (Lipinski definition) is 2. The van der Waals surface area contributed by atoms with Crippen LogP contribution in [0.25, 0.3) is 0 Å². The van der Waals surface area contributed by atoms with Gasteiger partial charge in [-0.3, -0.25) is 4.68 Å². The number of hydrogen-bond acceptors (Lipinski definition) is 5. The summed E-state index contributed by atoms with van der Waals surface area (Å²) >= 11 is 0. The molecule has 0 aromatic carbocycles. The van der Waals surface area contributed by atoms with Crippen LogP contribution in [0, 0.1) is 0 Å². The molecule has 98 valence electrons. The maximum absolute atomic E-state index is 11.5. The van der Waals surface area contributed by atoms with Crippen LogP contribution in [0.5, 0.6) is 0 Å². The average molecular weight is 270 g/mol. The maximum atomic E-state index is 11.5. The second-order valence-corrected chi connectivity index (χ2v) is 5.50. The molecule has 0 aliphatic heterocycles. The van der Waals surface area contributed by atoms with Crippen molar-refractivity contribution in [1.29, 1.82) is 0 Å². The lowest BCUT2D eigenvalue weighted by Gasteiger charge is -2.00. The summed E-state index contributed by atoms with van der Waals surface area (Å²) in [5, 5.41) is 6.99.